The van der Waals surface area contributed by atoms with Gasteiger partial charge in [-0.15, -0.1) is 0 Å². The molecule has 0 aliphatic carbocycles. The molecule has 0 aliphatic heterocycles. The van der Waals surface area contributed by atoms with Crippen LogP contribution in [-0.2, 0) is 16.1 Å². The Labute approximate surface area is 102 Å². The maximum absolute atomic E-state index is 11.2. The minimum Gasteiger partial charge on any atom is -0.465 e. The van der Waals surface area contributed by atoms with Crippen LogP contribution in [0.5, 0.6) is 0 Å². The van der Waals surface area contributed by atoms with Crippen LogP contribution in [0, 0.1) is 0 Å². The maximum Gasteiger partial charge on any atom is 0.337 e. The quantitative estimate of drug-likeness (QED) is 0.578. The largest absolute Gasteiger partial charge is 0.465 e. The van der Waals surface area contributed by atoms with E-state index < -0.39 is 0 Å². The standard InChI is InChI=1S/C13H19NO3/c1-3-14-8-9-17-10-11-4-6-12(7-5-11)13(15)16-2/h4-7,14H,3,8-10H2,1-2H3. The predicted molar refractivity (Wildman–Crippen MR) is 66.0 cm³/mol. The third kappa shape index (κ3) is 4.97. The Morgan fingerprint density at radius 2 is 2.00 bits per heavy atom. The molecule has 4 heteroatoms. The first-order chi connectivity index (χ1) is 8.27. The van der Waals surface area contributed by atoms with Gasteiger partial charge < -0.3 is 14.8 Å². The van der Waals surface area contributed by atoms with Crippen molar-refractivity contribution in [2.45, 2.75) is 13.5 Å². The number of esters is 1. The molecule has 17 heavy (non-hydrogen) atoms. The molecule has 0 heterocycles. The minimum absolute atomic E-state index is 0.315. The van der Waals surface area contributed by atoms with Crippen LogP contribution in [0.15, 0.2) is 24.3 Å². The summed E-state index contributed by atoms with van der Waals surface area (Å²) < 4.78 is 10.1. The summed E-state index contributed by atoms with van der Waals surface area (Å²) in [5, 5.41) is 3.18. The monoisotopic (exact) mass is 237 g/mol. The zero-order valence-electron chi connectivity index (χ0n) is 10.4. The van der Waals surface area contributed by atoms with Crippen LogP contribution in [0.4, 0.5) is 0 Å². The number of hydrogen-bond donors (Lipinski definition) is 1. The second-order valence-corrected chi connectivity index (χ2v) is 3.59. The number of rotatable bonds is 7. The average molecular weight is 237 g/mol. The van der Waals surface area contributed by atoms with E-state index in [1.165, 1.54) is 7.11 Å². The molecule has 0 bridgehead atoms. The van der Waals surface area contributed by atoms with Gasteiger partial charge in [0.25, 0.3) is 0 Å². The molecule has 0 saturated heterocycles. The van der Waals surface area contributed by atoms with E-state index in [0.717, 1.165) is 18.7 Å². The van der Waals surface area contributed by atoms with Gasteiger partial charge >= 0.3 is 5.97 Å². The van der Waals surface area contributed by atoms with Crippen molar-refractivity contribution in [2.24, 2.45) is 0 Å². The number of nitrogens with one attached hydrogen (secondary N) is 1. The molecule has 0 radical (unpaired) electrons. The van der Waals surface area contributed by atoms with Crippen molar-refractivity contribution in [3.8, 4) is 0 Å². The van der Waals surface area contributed by atoms with Crippen LogP contribution in [0.2, 0.25) is 0 Å². The van der Waals surface area contributed by atoms with Crippen molar-refractivity contribution >= 4 is 5.97 Å². The fourth-order valence-electron chi connectivity index (χ4n) is 1.37. The summed E-state index contributed by atoms with van der Waals surface area (Å²) in [6.45, 7) is 5.12. The fourth-order valence-corrected chi connectivity index (χ4v) is 1.37. The van der Waals surface area contributed by atoms with Crippen LogP contribution in [0.25, 0.3) is 0 Å². The Bertz CT molecular complexity index is 335. The van der Waals surface area contributed by atoms with Crippen LogP contribution < -0.4 is 5.32 Å². The number of hydrogen-bond acceptors (Lipinski definition) is 4. The summed E-state index contributed by atoms with van der Waals surface area (Å²) in [5.41, 5.74) is 1.61. The lowest BCUT2D eigenvalue weighted by Crippen LogP contribution is -2.18. The number of carbonyl (C=O) groups excluding carboxylic acids is 1. The van der Waals surface area contributed by atoms with E-state index >= 15 is 0 Å². The highest BCUT2D eigenvalue weighted by molar-refractivity contribution is 5.89. The Hall–Kier alpha value is -1.39. The first kappa shape index (κ1) is 13.7. The first-order valence-electron chi connectivity index (χ1n) is 5.73. The molecule has 0 unspecified atom stereocenters. The van der Waals surface area contributed by atoms with Crippen LogP contribution in [-0.4, -0.2) is 32.8 Å². The average Bonchev–Trinajstić information content (AvgIpc) is 2.38. The molecular weight excluding hydrogens is 218 g/mol. The van der Waals surface area contributed by atoms with Crippen molar-refractivity contribution in [2.75, 3.05) is 26.8 Å². The van der Waals surface area contributed by atoms with Crippen LogP contribution in [0.1, 0.15) is 22.8 Å². The second kappa shape index (κ2) is 7.81. The molecule has 0 aliphatic rings. The zero-order chi connectivity index (χ0) is 12.5. The van der Waals surface area contributed by atoms with Crippen LogP contribution >= 0.6 is 0 Å². The summed E-state index contributed by atoms with van der Waals surface area (Å²) >= 11 is 0. The molecule has 4 nitrogen and oxygen atoms in total. The Morgan fingerprint density at radius 1 is 1.29 bits per heavy atom. The van der Waals surface area contributed by atoms with Crippen molar-refractivity contribution in [1.29, 1.82) is 0 Å². The third-order valence-corrected chi connectivity index (χ3v) is 2.32. The lowest BCUT2D eigenvalue weighted by atomic mass is 10.1. The highest BCUT2D eigenvalue weighted by Gasteiger charge is 2.03. The van der Waals surface area contributed by atoms with Crippen molar-refractivity contribution in [3.63, 3.8) is 0 Å². The van der Waals surface area contributed by atoms with E-state index in [2.05, 4.69) is 17.0 Å². The minimum atomic E-state index is -0.315. The number of ether oxygens (including phenoxy) is 2. The van der Waals surface area contributed by atoms with E-state index in [9.17, 15) is 4.79 Å². The van der Waals surface area contributed by atoms with Gasteiger partial charge in [0.2, 0.25) is 0 Å². The van der Waals surface area contributed by atoms with E-state index in [1.54, 1.807) is 12.1 Å². The Morgan fingerprint density at radius 3 is 2.59 bits per heavy atom. The van der Waals surface area contributed by atoms with E-state index in [4.69, 9.17) is 4.74 Å². The predicted octanol–water partition coefficient (Wildman–Crippen LogP) is 1.60. The van der Waals surface area contributed by atoms with E-state index in [0.29, 0.717) is 18.8 Å². The molecular formula is C13H19NO3. The van der Waals surface area contributed by atoms with Gasteiger partial charge in [-0.25, -0.2) is 4.79 Å². The number of likely N-dealkylation sites (N-methyl/N-ethyl adjacent to an activating group) is 1. The SMILES string of the molecule is CCNCCOCc1ccc(C(=O)OC)cc1. The molecule has 0 saturated carbocycles. The van der Waals surface area contributed by atoms with Crippen LogP contribution in [0.3, 0.4) is 0 Å². The van der Waals surface area contributed by atoms with Gasteiger partial charge in [-0.1, -0.05) is 19.1 Å². The fraction of sp³-hybridized carbons (Fsp3) is 0.462. The lowest BCUT2D eigenvalue weighted by Gasteiger charge is -2.05. The third-order valence-electron chi connectivity index (χ3n) is 2.32. The number of carbonyl (C=O) groups is 1. The highest BCUT2D eigenvalue weighted by atomic mass is 16.5. The molecule has 0 fully saturated rings. The molecule has 0 spiro atoms. The van der Waals surface area contributed by atoms with Crippen molar-refractivity contribution in [1.82, 2.24) is 5.32 Å². The van der Waals surface area contributed by atoms with Gasteiger partial charge in [0, 0.05) is 6.54 Å². The highest BCUT2D eigenvalue weighted by Crippen LogP contribution is 2.06. The summed E-state index contributed by atoms with van der Waals surface area (Å²) in [6.07, 6.45) is 0. The number of methoxy groups -OCH3 is 1. The topological polar surface area (TPSA) is 47.6 Å². The molecule has 1 aromatic carbocycles. The normalized spacial score (nSPS) is 10.2. The van der Waals surface area contributed by atoms with Crippen molar-refractivity contribution < 1.29 is 14.3 Å². The zero-order valence-corrected chi connectivity index (χ0v) is 10.4. The van der Waals surface area contributed by atoms with E-state index in [-0.39, 0.29) is 5.97 Å². The van der Waals surface area contributed by atoms with Gasteiger partial charge in [0.15, 0.2) is 0 Å². The summed E-state index contributed by atoms with van der Waals surface area (Å²) in [7, 11) is 1.38. The van der Waals surface area contributed by atoms with Gasteiger partial charge in [0.05, 0.1) is 25.9 Å². The van der Waals surface area contributed by atoms with Gasteiger partial charge in [-0.05, 0) is 24.2 Å². The summed E-state index contributed by atoms with van der Waals surface area (Å²) in [4.78, 5) is 11.2. The molecule has 1 N–H and O–H groups in total. The summed E-state index contributed by atoms with van der Waals surface area (Å²) in [6, 6.07) is 7.24. The number of benzene rings is 1. The first-order valence-corrected chi connectivity index (χ1v) is 5.73. The molecule has 1 rings (SSSR count). The van der Waals surface area contributed by atoms with Gasteiger partial charge in [-0.2, -0.15) is 0 Å². The second-order valence-electron chi connectivity index (χ2n) is 3.59. The van der Waals surface area contributed by atoms with Gasteiger partial charge in [0.1, 0.15) is 0 Å². The molecule has 1 aromatic rings. The molecule has 94 valence electrons. The molecule has 0 atom stereocenters. The summed E-state index contributed by atoms with van der Waals surface area (Å²) in [5.74, 6) is -0.315. The smallest absolute Gasteiger partial charge is 0.337 e. The maximum atomic E-state index is 11.2. The Balaban J connectivity index is 2.33. The lowest BCUT2D eigenvalue weighted by molar-refractivity contribution is 0.0600. The molecule has 0 aromatic heterocycles. The van der Waals surface area contributed by atoms with Gasteiger partial charge in [-0.3, -0.25) is 0 Å². The van der Waals surface area contributed by atoms with E-state index in [1.807, 2.05) is 12.1 Å². The van der Waals surface area contributed by atoms with Crippen molar-refractivity contribution in [3.05, 3.63) is 35.4 Å². The molecule has 0 amide bonds. The Kier molecular flexibility index (Phi) is 6.29.